The lowest BCUT2D eigenvalue weighted by atomic mass is 10.1. The standard InChI is InChI=1S/C11H18N4S2/c16-11-13-12-10(17-11)15-7-4-9(8-15)14-5-2-1-3-6-14/h9H,1-8H2,(H,13,16). The molecular formula is C11H18N4S2. The van der Waals surface area contributed by atoms with Crippen molar-refractivity contribution in [3.05, 3.63) is 3.95 Å². The van der Waals surface area contributed by atoms with Gasteiger partial charge in [0.15, 0.2) is 3.95 Å². The molecule has 2 aliphatic heterocycles. The van der Waals surface area contributed by atoms with E-state index in [4.69, 9.17) is 12.2 Å². The number of hydrogen-bond acceptors (Lipinski definition) is 5. The summed E-state index contributed by atoms with van der Waals surface area (Å²) in [7, 11) is 0. The number of H-pyrrole nitrogens is 1. The third-order valence-corrected chi connectivity index (χ3v) is 4.92. The zero-order valence-electron chi connectivity index (χ0n) is 9.89. The number of rotatable bonds is 2. The Hall–Kier alpha value is -0.460. The van der Waals surface area contributed by atoms with Crippen LogP contribution in [0.5, 0.6) is 0 Å². The summed E-state index contributed by atoms with van der Waals surface area (Å²) in [5.41, 5.74) is 0. The quantitative estimate of drug-likeness (QED) is 0.836. The Bertz CT molecular complexity index is 421. The molecule has 2 aliphatic rings. The van der Waals surface area contributed by atoms with Crippen molar-refractivity contribution in [2.24, 2.45) is 0 Å². The number of piperidine rings is 1. The van der Waals surface area contributed by atoms with E-state index in [0.29, 0.717) is 0 Å². The summed E-state index contributed by atoms with van der Waals surface area (Å²) >= 11 is 6.68. The molecule has 0 bridgehead atoms. The van der Waals surface area contributed by atoms with Gasteiger partial charge in [0.05, 0.1) is 0 Å². The smallest absolute Gasteiger partial charge is 0.206 e. The lowest BCUT2D eigenvalue weighted by Gasteiger charge is -2.32. The number of hydrogen-bond donors (Lipinski definition) is 1. The molecule has 0 radical (unpaired) electrons. The number of likely N-dealkylation sites (tertiary alicyclic amines) is 1. The molecule has 1 unspecified atom stereocenters. The number of anilines is 1. The van der Waals surface area contributed by atoms with Gasteiger partial charge >= 0.3 is 0 Å². The van der Waals surface area contributed by atoms with E-state index in [1.807, 2.05) is 0 Å². The Morgan fingerprint density at radius 1 is 1.24 bits per heavy atom. The highest BCUT2D eigenvalue weighted by molar-refractivity contribution is 7.73. The predicted octanol–water partition coefficient (Wildman–Crippen LogP) is 2.27. The molecule has 2 saturated heterocycles. The van der Waals surface area contributed by atoms with Crippen LogP contribution in [0.3, 0.4) is 0 Å². The van der Waals surface area contributed by atoms with E-state index in [2.05, 4.69) is 20.0 Å². The fraction of sp³-hybridized carbons (Fsp3) is 0.818. The minimum absolute atomic E-state index is 0.729. The zero-order chi connectivity index (χ0) is 11.7. The molecule has 2 fully saturated rings. The van der Waals surface area contributed by atoms with E-state index in [0.717, 1.165) is 28.2 Å². The van der Waals surface area contributed by atoms with Crippen molar-refractivity contribution >= 4 is 28.7 Å². The van der Waals surface area contributed by atoms with Crippen LogP contribution in [0.25, 0.3) is 0 Å². The predicted molar refractivity (Wildman–Crippen MR) is 73.3 cm³/mol. The van der Waals surface area contributed by atoms with Gasteiger partial charge in [0.2, 0.25) is 5.13 Å². The molecule has 0 aromatic carbocycles. The second-order valence-corrected chi connectivity index (χ2v) is 6.53. The molecule has 3 rings (SSSR count). The number of nitrogens with one attached hydrogen (secondary N) is 1. The second kappa shape index (κ2) is 5.04. The van der Waals surface area contributed by atoms with Crippen molar-refractivity contribution in [1.82, 2.24) is 15.1 Å². The van der Waals surface area contributed by atoms with Crippen molar-refractivity contribution < 1.29 is 0 Å². The second-order valence-electron chi connectivity index (χ2n) is 4.88. The first kappa shape index (κ1) is 11.6. The van der Waals surface area contributed by atoms with Crippen LogP contribution in [0.2, 0.25) is 0 Å². The highest BCUT2D eigenvalue weighted by Crippen LogP contribution is 2.26. The minimum Gasteiger partial charge on any atom is -0.345 e. The van der Waals surface area contributed by atoms with E-state index in [-0.39, 0.29) is 0 Å². The van der Waals surface area contributed by atoms with Crippen LogP contribution in [0, 0.1) is 3.95 Å². The monoisotopic (exact) mass is 270 g/mol. The molecule has 6 heteroatoms. The molecule has 1 N–H and O–H groups in total. The van der Waals surface area contributed by atoms with Gasteiger partial charge in [-0.15, -0.1) is 5.10 Å². The van der Waals surface area contributed by atoms with Crippen LogP contribution in [0.15, 0.2) is 0 Å². The van der Waals surface area contributed by atoms with Crippen LogP contribution in [0.4, 0.5) is 5.13 Å². The Kier molecular flexibility index (Phi) is 3.44. The topological polar surface area (TPSA) is 35.2 Å². The molecule has 3 heterocycles. The SMILES string of the molecule is S=c1[nH]nc(N2CCC(N3CCCCC3)C2)s1. The average molecular weight is 270 g/mol. The van der Waals surface area contributed by atoms with E-state index < -0.39 is 0 Å². The first-order chi connectivity index (χ1) is 8.33. The third-order valence-electron chi connectivity index (χ3n) is 3.77. The molecule has 1 atom stereocenters. The highest BCUT2D eigenvalue weighted by Gasteiger charge is 2.29. The van der Waals surface area contributed by atoms with Crippen LogP contribution in [0.1, 0.15) is 25.7 Å². The summed E-state index contributed by atoms with van der Waals surface area (Å²) < 4.78 is 0.779. The number of nitrogens with zero attached hydrogens (tertiary/aromatic N) is 3. The largest absolute Gasteiger partial charge is 0.345 e. The lowest BCUT2D eigenvalue weighted by molar-refractivity contribution is 0.175. The number of aromatic amines is 1. The average Bonchev–Trinajstić information content (AvgIpc) is 2.98. The molecule has 1 aromatic rings. The van der Waals surface area contributed by atoms with Gasteiger partial charge in [0.1, 0.15) is 0 Å². The van der Waals surface area contributed by atoms with Gasteiger partial charge in [-0.1, -0.05) is 17.8 Å². The Morgan fingerprint density at radius 3 is 2.76 bits per heavy atom. The lowest BCUT2D eigenvalue weighted by Crippen LogP contribution is -2.40. The van der Waals surface area contributed by atoms with Crippen LogP contribution < -0.4 is 4.90 Å². The van der Waals surface area contributed by atoms with Crippen LogP contribution in [-0.4, -0.2) is 47.3 Å². The number of aromatic nitrogens is 2. The van der Waals surface area contributed by atoms with Crippen molar-refractivity contribution in [2.45, 2.75) is 31.7 Å². The van der Waals surface area contributed by atoms with E-state index >= 15 is 0 Å². The van der Waals surface area contributed by atoms with Gasteiger partial charge in [0, 0.05) is 19.1 Å². The van der Waals surface area contributed by atoms with Gasteiger partial charge in [-0.25, -0.2) is 0 Å². The molecule has 4 nitrogen and oxygen atoms in total. The fourth-order valence-electron chi connectivity index (χ4n) is 2.85. The van der Waals surface area contributed by atoms with Crippen LogP contribution >= 0.6 is 23.6 Å². The van der Waals surface area contributed by atoms with Gasteiger partial charge in [-0.3, -0.25) is 10.00 Å². The summed E-state index contributed by atoms with van der Waals surface area (Å²) in [4.78, 5) is 5.03. The molecule has 0 saturated carbocycles. The maximum Gasteiger partial charge on any atom is 0.206 e. The van der Waals surface area contributed by atoms with Crippen LogP contribution in [-0.2, 0) is 0 Å². The molecule has 0 spiro atoms. The molecule has 17 heavy (non-hydrogen) atoms. The summed E-state index contributed by atoms with van der Waals surface area (Å²) in [6.45, 7) is 4.82. The van der Waals surface area contributed by atoms with Gasteiger partial charge < -0.3 is 4.90 Å². The van der Waals surface area contributed by atoms with Crippen molar-refractivity contribution in [1.29, 1.82) is 0 Å². The third kappa shape index (κ3) is 2.53. The van der Waals surface area contributed by atoms with E-state index in [1.54, 1.807) is 11.3 Å². The van der Waals surface area contributed by atoms with Crippen molar-refractivity contribution in [3.63, 3.8) is 0 Å². The Labute approximate surface area is 111 Å². The maximum absolute atomic E-state index is 5.09. The highest BCUT2D eigenvalue weighted by atomic mass is 32.1. The normalized spacial score (nSPS) is 26.6. The molecular weight excluding hydrogens is 252 g/mol. The van der Waals surface area contributed by atoms with E-state index in [1.165, 1.54) is 38.8 Å². The van der Waals surface area contributed by atoms with Gasteiger partial charge in [-0.2, -0.15) is 0 Å². The molecule has 1 aromatic heterocycles. The van der Waals surface area contributed by atoms with E-state index in [9.17, 15) is 0 Å². The molecule has 0 aliphatic carbocycles. The fourth-order valence-corrected chi connectivity index (χ4v) is 3.77. The summed E-state index contributed by atoms with van der Waals surface area (Å²) in [5, 5.41) is 8.21. The summed E-state index contributed by atoms with van der Waals surface area (Å²) in [6.07, 6.45) is 5.43. The maximum atomic E-state index is 5.09. The Balaban J connectivity index is 1.63. The first-order valence-electron chi connectivity index (χ1n) is 6.37. The minimum atomic E-state index is 0.729. The van der Waals surface area contributed by atoms with Crippen molar-refractivity contribution in [3.8, 4) is 0 Å². The Morgan fingerprint density at radius 2 is 2.06 bits per heavy atom. The first-order valence-corrected chi connectivity index (χ1v) is 7.60. The summed E-state index contributed by atoms with van der Waals surface area (Å²) in [5.74, 6) is 0. The molecule has 94 valence electrons. The zero-order valence-corrected chi connectivity index (χ0v) is 11.5. The molecule has 0 amide bonds. The summed E-state index contributed by atoms with van der Waals surface area (Å²) in [6, 6.07) is 0.729. The van der Waals surface area contributed by atoms with Gasteiger partial charge in [-0.05, 0) is 44.6 Å². The van der Waals surface area contributed by atoms with Crippen molar-refractivity contribution in [2.75, 3.05) is 31.1 Å². The van der Waals surface area contributed by atoms with Gasteiger partial charge in [0.25, 0.3) is 0 Å².